The predicted octanol–water partition coefficient (Wildman–Crippen LogP) is 2.94. The van der Waals surface area contributed by atoms with Gasteiger partial charge < -0.3 is 10.4 Å². The van der Waals surface area contributed by atoms with Crippen LogP contribution in [-0.2, 0) is 0 Å². The van der Waals surface area contributed by atoms with E-state index >= 15 is 0 Å². The minimum atomic E-state index is -0.381. The van der Waals surface area contributed by atoms with Gasteiger partial charge in [-0.05, 0) is 25.3 Å². The van der Waals surface area contributed by atoms with Gasteiger partial charge in [0.15, 0.2) is 0 Å². The van der Waals surface area contributed by atoms with Crippen LogP contribution in [0.2, 0.25) is 0 Å². The van der Waals surface area contributed by atoms with Crippen LogP contribution in [0.3, 0.4) is 0 Å². The largest absolute Gasteiger partial charge is 0.396 e. The predicted molar refractivity (Wildman–Crippen MR) is 80.4 cm³/mol. The summed E-state index contributed by atoms with van der Waals surface area (Å²) in [7, 11) is 0. The number of nitro groups is 1. The molecule has 0 amide bonds. The van der Waals surface area contributed by atoms with Gasteiger partial charge in [-0.15, -0.1) is 11.3 Å². The first-order chi connectivity index (χ1) is 9.51. The van der Waals surface area contributed by atoms with Crippen LogP contribution in [0.15, 0.2) is 12.1 Å². The molecule has 1 aromatic heterocycles. The SMILES string of the molecule is Cc1nc2cc(NCC(C)CCO)c([N+](=O)[O-])cc2s1. The van der Waals surface area contributed by atoms with Crippen molar-refractivity contribution in [1.29, 1.82) is 0 Å². The number of hydrogen-bond donors (Lipinski definition) is 2. The summed E-state index contributed by atoms with van der Waals surface area (Å²) in [5.74, 6) is 0.243. The molecule has 0 aliphatic rings. The summed E-state index contributed by atoms with van der Waals surface area (Å²) in [6.07, 6.45) is 0.666. The van der Waals surface area contributed by atoms with Crippen molar-refractivity contribution in [1.82, 2.24) is 4.98 Å². The molecular formula is C13H17N3O3S. The van der Waals surface area contributed by atoms with Crippen LogP contribution in [0.5, 0.6) is 0 Å². The van der Waals surface area contributed by atoms with E-state index in [0.717, 1.165) is 15.2 Å². The minimum absolute atomic E-state index is 0.0670. The topological polar surface area (TPSA) is 88.3 Å². The van der Waals surface area contributed by atoms with Crippen molar-refractivity contribution in [3.63, 3.8) is 0 Å². The highest BCUT2D eigenvalue weighted by molar-refractivity contribution is 7.18. The van der Waals surface area contributed by atoms with E-state index < -0.39 is 0 Å². The van der Waals surface area contributed by atoms with E-state index in [9.17, 15) is 10.1 Å². The number of rotatable bonds is 6. The maximum absolute atomic E-state index is 11.2. The molecule has 2 aromatic rings. The summed E-state index contributed by atoms with van der Waals surface area (Å²) in [4.78, 5) is 15.1. The molecule has 0 saturated heterocycles. The Balaban J connectivity index is 2.29. The molecule has 6 nitrogen and oxygen atoms in total. The van der Waals surface area contributed by atoms with Crippen LogP contribution in [0, 0.1) is 23.0 Å². The Morgan fingerprint density at radius 3 is 2.95 bits per heavy atom. The molecule has 0 spiro atoms. The fraction of sp³-hybridized carbons (Fsp3) is 0.462. The van der Waals surface area contributed by atoms with Crippen LogP contribution in [0.1, 0.15) is 18.4 Å². The van der Waals surface area contributed by atoms with Crippen molar-refractivity contribution in [3.05, 3.63) is 27.3 Å². The van der Waals surface area contributed by atoms with E-state index in [0.29, 0.717) is 18.7 Å². The number of aliphatic hydroxyl groups excluding tert-OH is 1. The monoisotopic (exact) mass is 295 g/mol. The second kappa shape index (κ2) is 6.15. The standard InChI is InChI=1S/C13H17N3O3S/c1-8(3-4-17)7-14-10-5-11-13(20-9(2)15-11)6-12(10)16(18)19/h5-6,8,14,17H,3-4,7H2,1-2H3. The number of hydrogen-bond acceptors (Lipinski definition) is 6. The van der Waals surface area contributed by atoms with Gasteiger partial charge in [0.05, 0.1) is 20.1 Å². The molecule has 1 aromatic carbocycles. The second-order valence-corrected chi connectivity index (χ2v) is 6.06. The fourth-order valence-electron chi connectivity index (χ4n) is 1.98. The van der Waals surface area contributed by atoms with Crippen molar-refractivity contribution in [3.8, 4) is 0 Å². The molecule has 0 radical (unpaired) electrons. The van der Waals surface area contributed by atoms with Crippen molar-refractivity contribution >= 4 is 32.9 Å². The number of aromatic nitrogens is 1. The lowest BCUT2D eigenvalue weighted by atomic mass is 10.1. The molecule has 108 valence electrons. The van der Waals surface area contributed by atoms with Crippen LogP contribution >= 0.6 is 11.3 Å². The van der Waals surface area contributed by atoms with Gasteiger partial charge in [0, 0.05) is 19.2 Å². The molecule has 0 aliphatic carbocycles. The second-order valence-electron chi connectivity index (χ2n) is 4.83. The Hall–Kier alpha value is -1.73. The van der Waals surface area contributed by atoms with E-state index in [-0.39, 0.29) is 23.1 Å². The quantitative estimate of drug-likeness (QED) is 0.632. The first kappa shape index (κ1) is 14.7. The van der Waals surface area contributed by atoms with E-state index in [1.807, 2.05) is 13.8 Å². The maximum Gasteiger partial charge on any atom is 0.293 e. The van der Waals surface area contributed by atoms with E-state index in [1.54, 1.807) is 12.1 Å². The molecule has 0 bridgehead atoms. The highest BCUT2D eigenvalue weighted by Crippen LogP contribution is 2.33. The average Bonchev–Trinajstić information content (AvgIpc) is 2.74. The summed E-state index contributed by atoms with van der Waals surface area (Å²) >= 11 is 1.45. The third kappa shape index (κ3) is 3.23. The number of aryl methyl sites for hydroxylation is 1. The summed E-state index contributed by atoms with van der Waals surface area (Å²) in [5, 5.41) is 24.0. The smallest absolute Gasteiger partial charge is 0.293 e. The number of fused-ring (bicyclic) bond motifs is 1. The molecule has 2 N–H and O–H groups in total. The van der Waals surface area contributed by atoms with Crippen LogP contribution in [-0.4, -0.2) is 28.2 Å². The number of nitro benzene ring substituents is 1. The molecule has 0 fully saturated rings. The molecule has 20 heavy (non-hydrogen) atoms. The van der Waals surface area contributed by atoms with Gasteiger partial charge in [-0.2, -0.15) is 0 Å². The van der Waals surface area contributed by atoms with Crippen LogP contribution in [0.25, 0.3) is 10.2 Å². The van der Waals surface area contributed by atoms with Gasteiger partial charge in [-0.1, -0.05) is 6.92 Å². The van der Waals surface area contributed by atoms with Crippen LogP contribution in [0.4, 0.5) is 11.4 Å². The third-order valence-electron chi connectivity index (χ3n) is 3.07. The zero-order chi connectivity index (χ0) is 14.7. The lowest BCUT2D eigenvalue weighted by Gasteiger charge is -2.12. The molecule has 2 rings (SSSR count). The number of anilines is 1. The lowest BCUT2D eigenvalue weighted by Crippen LogP contribution is -2.13. The van der Waals surface area contributed by atoms with Gasteiger partial charge in [0.1, 0.15) is 5.69 Å². The van der Waals surface area contributed by atoms with Crippen molar-refractivity contribution in [2.45, 2.75) is 20.3 Å². The van der Waals surface area contributed by atoms with Gasteiger partial charge in [-0.25, -0.2) is 4.98 Å². The summed E-state index contributed by atoms with van der Waals surface area (Å²) in [6.45, 7) is 4.57. The van der Waals surface area contributed by atoms with E-state index in [1.165, 1.54) is 11.3 Å². The zero-order valence-electron chi connectivity index (χ0n) is 11.4. The molecule has 0 saturated carbocycles. The maximum atomic E-state index is 11.2. The highest BCUT2D eigenvalue weighted by Gasteiger charge is 2.17. The minimum Gasteiger partial charge on any atom is -0.396 e. The van der Waals surface area contributed by atoms with Gasteiger partial charge in [0.25, 0.3) is 5.69 Å². The fourth-order valence-corrected chi connectivity index (χ4v) is 2.82. The molecular weight excluding hydrogens is 278 g/mol. The Labute approximate surface area is 120 Å². The molecule has 7 heteroatoms. The van der Waals surface area contributed by atoms with Gasteiger partial charge >= 0.3 is 0 Å². The first-order valence-corrected chi connectivity index (χ1v) is 7.23. The van der Waals surface area contributed by atoms with Crippen molar-refractivity contribution in [2.24, 2.45) is 5.92 Å². The molecule has 1 unspecified atom stereocenters. The van der Waals surface area contributed by atoms with E-state index in [4.69, 9.17) is 5.11 Å². The number of benzene rings is 1. The zero-order valence-corrected chi connectivity index (χ0v) is 12.2. The summed E-state index contributed by atoms with van der Waals surface area (Å²) in [5.41, 5.74) is 1.32. The van der Waals surface area contributed by atoms with Gasteiger partial charge in [-0.3, -0.25) is 10.1 Å². The van der Waals surface area contributed by atoms with Gasteiger partial charge in [0.2, 0.25) is 0 Å². The molecule has 0 aliphatic heterocycles. The third-order valence-corrected chi connectivity index (χ3v) is 4.01. The summed E-state index contributed by atoms with van der Waals surface area (Å²) in [6, 6.07) is 3.29. The van der Waals surface area contributed by atoms with E-state index in [2.05, 4.69) is 10.3 Å². The Kier molecular flexibility index (Phi) is 4.51. The van der Waals surface area contributed by atoms with Crippen molar-refractivity contribution in [2.75, 3.05) is 18.5 Å². The Morgan fingerprint density at radius 2 is 2.30 bits per heavy atom. The lowest BCUT2D eigenvalue weighted by molar-refractivity contribution is -0.383. The number of nitrogens with one attached hydrogen (secondary N) is 1. The molecule has 1 heterocycles. The molecule has 1 atom stereocenters. The summed E-state index contributed by atoms with van der Waals surface area (Å²) < 4.78 is 0.822. The average molecular weight is 295 g/mol. The Bertz CT molecular complexity index is 627. The first-order valence-electron chi connectivity index (χ1n) is 6.41. The number of thiazole rings is 1. The highest BCUT2D eigenvalue weighted by atomic mass is 32.1. The van der Waals surface area contributed by atoms with Crippen LogP contribution < -0.4 is 5.32 Å². The van der Waals surface area contributed by atoms with Crippen molar-refractivity contribution < 1.29 is 10.0 Å². The Morgan fingerprint density at radius 1 is 1.55 bits per heavy atom. The number of aliphatic hydroxyl groups is 1. The number of nitrogens with zero attached hydrogens (tertiary/aromatic N) is 2. The normalized spacial score (nSPS) is 12.6.